The summed E-state index contributed by atoms with van der Waals surface area (Å²) in [6.07, 6.45) is 3.31. The molecule has 0 bridgehead atoms. The Morgan fingerprint density at radius 1 is 1.29 bits per heavy atom. The Balaban J connectivity index is 1.58. The van der Waals surface area contributed by atoms with Crippen molar-refractivity contribution in [2.24, 2.45) is 0 Å². The van der Waals surface area contributed by atoms with Crippen LogP contribution < -0.4 is 5.73 Å². The van der Waals surface area contributed by atoms with E-state index in [0.29, 0.717) is 29.7 Å². The van der Waals surface area contributed by atoms with Gasteiger partial charge in [-0.2, -0.15) is 10.1 Å². The Kier molecular flexibility index (Phi) is 4.26. The second-order valence-electron chi connectivity index (χ2n) is 4.32. The summed E-state index contributed by atoms with van der Waals surface area (Å²) >= 11 is 5.07. The van der Waals surface area contributed by atoms with Gasteiger partial charge in [0.2, 0.25) is 5.89 Å². The fourth-order valence-corrected chi connectivity index (χ4v) is 2.70. The molecule has 2 heterocycles. The third-order valence-corrected chi connectivity index (χ3v) is 4.18. The van der Waals surface area contributed by atoms with E-state index in [4.69, 9.17) is 10.3 Å². The zero-order chi connectivity index (χ0) is 14.7. The van der Waals surface area contributed by atoms with E-state index in [1.165, 1.54) is 0 Å². The summed E-state index contributed by atoms with van der Waals surface area (Å²) in [4.78, 5) is 5.49. The summed E-state index contributed by atoms with van der Waals surface area (Å²) in [7, 11) is 0. The Labute approximate surface area is 133 Å². The number of halogens is 1. The minimum Gasteiger partial charge on any atom is -0.396 e. The maximum atomic E-state index is 5.60. The molecule has 0 radical (unpaired) electrons. The maximum absolute atomic E-state index is 5.60. The van der Waals surface area contributed by atoms with Crippen molar-refractivity contribution in [2.45, 2.75) is 17.2 Å². The minimum atomic E-state index is 0.424. The average Bonchev–Trinajstić information content (AvgIpc) is 3.08. The summed E-state index contributed by atoms with van der Waals surface area (Å²) in [6.45, 7) is 0.424. The van der Waals surface area contributed by atoms with E-state index in [2.05, 4.69) is 31.2 Å². The molecule has 0 amide bonds. The van der Waals surface area contributed by atoms with Crippen LogP contribution in [0.25, 0.3) is 0 Å². The molecule has 0 aliphatic carbocycles. The van der Waals surface area contributed by atoms with E-state index in [9.17, 15) is 0 Å². The Bertz CT molecular complexity index is 724. The zero-order valence-corrected chi connectivity index (χ0v) is 13.3. The number of nitrogens with zero attached hydrogens (tertiary/aromatic N) is 4. The van der Waals surface area contributed by atoms with Crippen molar-refractivity contribution in [3.8, 4) is 0 Å². The number of thioether (sulfide) groups is 1. The highest BCUT2D eigenvalue weighted by Gasteiger charge is 2.08. The van der Waals surface area contributed by atoms with Crippen molar-refractivity contribution >= 4 is 33.4 Å². The van der Waals surface area contributed by atoms with Gasteiger partial charge in [-0.1, -0.05) is 21.1 Å². The van der Waals surface area contributed by atoms with Crippen LogP contribution in [0.2, 0.25) is 0 Å². The standard InChI is InChI=1S/C13H12BrN5OS/c14-9-1-3-11(4-2-9)21-8-12-17-13(20-18-12)7-19-6-10(15)5-16-19/h1-6H,7-8,15H2. The van der Waals surface area contributed by atoms with E-state index in [1.54, 1.807) is 28.8 Å². The molecule has 0 aliphatic rings. The monoisotopic (exact) mass is 365 g/mol. The topological polar surface area (TPSA) is 82.8 Å². The first-order valence-corrected chi connectivity index (χ1v) is 7.95. The molecule has 108 valence electrons. The number of rotatable bonds is 5. The largest absolute Gasteiger partial charge is 0.396 e. The summed E-state index contributed by atoms with van der Waals surface area (Å²) in [5.74, 6) is 1.84. The first kappa shape index (κ1) is 14.2. The van der Waals surface area contributed by atoms with E-state index >= 15 is 0 Å². The number of hydrogen-bond donors (Lipinski definition) is 1. The van der Waals surface area contributed by atoms with Crippen LogP contribution in [0.5, 0.6) is 0 Å². The van der Waals surface area contributed by atoms with Crippen molar-refractivity contribution in [2.75, 3.05) is 5.73 Å². The first-order valence-electron chi connectivity index (χ1n) is 6.17. The van der Waals surface area contributed by atoms with Gasteiger partial charge in [0.1, 0.15) is 6.54 Å². The molecule has 3 rings (SSSR count). The fourth-order valence-electron chi connectivity index (χ4n) is 1.70. The molecular weight excluding hydrogens is 354 g/mol. The third-order valence-electron chi connectivity index (χ3n) is 2.64. The van der Waals surface area contributed by atoms with Crippen LogP contribution in [0.4, 0.5) is 5.69 Å². The molecule has 1 aromatic carbocycles. The second kappa shape index (κ2) is 6.31. The molecule has 0 aliphatic heterocycles. The van der Waals surface area contributed by atoms with Crippen molar-refractivity contribution in [3.63, 3.8) is 0 Å². The molecule has 2 N–H and O–H groups in total. The smallest absolute Gasteiger partial charge is 0.248 e. The van der Waals surface area contributed by atoms with Crippen LogP contribution in [0.3, 0.4) is 0 Å². The normalized spacial score (nSPS) is 10.9. The lowest BCUT2D eigenvalue weighted by molar-refractivity contribution is 0.362. The number of hydrogen-bond acceptors (Lipinski definition) is 6. The van der Waals surface area contributed by atoms with Crippen molar-refractivity contribution in [3.05, 3.63) is 52.8 Å². The van der Waals surface area contributed by atoms with Crippen LogP contribution in [0.1, 0.15) is 11.7 Å². The minimum absolute atomic E-state index is 0.424. The summed E-state index contributed by atoms with van der Waals surface area (Å²) in [6, 6.07) is 8.10. The van der Waals surface area contributed by atoms with Crippen LogP contribution in [0.15, 0.2) is 50.6 Å². The van der Waals surface area contributed by atoms with Gasteiger partial charge in [0, 0.05) is 15.6 Å². The SMILES string of the molecule is Nc1cnn(Cc2nc(CSc3ccc(Br)cc3)no2)c1. The van der Waals surface area contributed by atoms with Crippen molar-refractivity contribution < 1.29 is 4.52 Å². The molecule has 8 heteroatoms. The van der Waals surface area contributed by atoms with Crippen molar-refractivity contribution in [1.82, 2.24) is 19.9 Å². The molecular formula is C13H12BrN5OS. The molecule has 3 aromatic rings. The van der Waals surface area contributed by atoms with Gasteiger partial charge in [-0.05, 0) is 24.3 Å². The second-order valence-corrected chi connectivity index (χ2v) is 6.28. The van der Waals surface area contributed by atoms with E-state index in [-0.39, 0.29) is 0 Å². The van der Waals surface area contributed by atoms with Gasteiger partial charge in [0.15, 0.2) is 5.82 Å². The summed E-state index contributed by atoms with van der Waals surface area (Å²) < 4.78 is 7.93. The van der Waals surface area contributed by atoms with Gasteiger partial charge in [-0.3, -0.25) is 4.68 Å². The molecule has 0 spiro atoms. The van der Waals surface area contributed by atoms with Gasteiger partial charge in [0.05, 0.1) is 17.6 Å². The van der Waals surface area contributed by atoms with Crippen LogP contribution in [0, 0.1) is 0 Å². The Morgan fingerprint density at radius 2 is 2.10 bits per heavy atom. The number of benzene rings is 1. The van der Waals surface area contributed by atoms with E-state index in [0.717, 1.165) is 9.37 Å². The molecule has 0 atom stereocenters. The van der Waals surface area contributed by atoms with Gasteiger partial charge in [-0.15, -0.1) is 11.8 Å². The first-order chi connectivity index (χ1) is 10.2. The predicted molar refractivity (Wildman–Crippen MR) is 83.7 cm³/mol. The van der Waals surface area contributed by atoms with Crippen molar-refractivity contribution in [1.29, 1.82) is 0 Å². The van der Waals surface area contributed by atoms with Gasteiger partial charge < -0.3 is 10.3 Å². The predicted octanol–water partition coefficient (Wildman–Crippen LogP) is 2.95. The van der Waals surface area contributed by atoms with Gasteiger partial charge >= 0.3 is 0 Å². The van der Waals surface area contributed by atoms with Gasteiger partial charge in [-0.25, -0.2) is 0 Å². The highest BCUT2D eigenvalue weighted by molar-refractivity contribution is 9.10. The Morgan fingerprint density at radius 3 is 2.81 bits per heavy atom. The molecule has 0 unspecified atom stereocenters. The van der Waals surface area contributed by atoms with E-state index < -0.39 is 0 Å². The third kappa shape index (κ3) is 3.85. The molecule has 21 heavy (non-hydrogen) atoms. The van der Waals surface area contributed by atoms with E-state index in [1.807, 2.05) is 24.3 Å². The molecule has 6 nitrogen and oxygen atoms in total. The fraction of sp³-hybridized carbons (Fsp3) is 0.154. The number of nitrogen functional groups attached to an aromatic ring is 1. The summed E-state index contributed by atoms with van der Waals surface area (Å²) in [5.41, 5.74) is 6.22. The lowest BCUT2D eigenvalue weighted by Crippen LogP contribution is -2.00. The summed E-state index contributed by atoms with van der Waals surface area (Å²) in [5, 5.41) is 8.04. The average molecular weight is 366 g/mol. The number of aromatic nitrogens is 4. The quantitative estimate of drug-likeness (QED) is 0.699. The lowest BCUT2D eigenvalue weighted by Gasteiger charge is -1.98. The number of nitrogens with two attached hydrogens (primary N) is 1. The molecule has 2 aromatic heterocycles. The lowest BCUT2D eigenvalue weighted by atomic mass is 10.4. The maximum Gasteiger partial charge on any atom is 0.248 e. The Hall–Kier alpha value is -1.80. The van der Waals surface area contributed by atoms with Crippen LogP contribution in [-0.2, 0) is 12.3 Å². The van der Waals surface area contributed by atoms with Crippen LogP contribution >= 0.6 is 27.7 Å². The number of anilines is 1. The molecule has 0 saturated heterocycles. The highest BCUT2D eigenvalue weighted by atomic mass is 79.9. The van der Waals surface area contributed by atoms with Crippen LogP contribution in [-0.4, -0.2) is 19.9 Å². The molecule has 0 saturated carbocycles. The molecule has 0 fully saturated rings. The zero-order valence-electron chi connectivity index (χ0n) is 10.9. The highest BCUT2D eigenvalue weighted by Crippen LogP contribution is 2.23. The van der Waals surface area contributed by atoms with Gasteiger partial charge in [0.25, 0.3) is 0 Å².